The van der Waals surface area contributed by atoms with Crippen molar-refractivity contribution < 1.29 is 9.90 Å². The van der Waals surface area contributed by atoms with Gasteiger partial charge in [0.2, 0.25) is 5.88 Å². The normalized spacial score (nSPS) is 15.0. The van der Waals surface area contributed by atoms with Crippen molar-refractivity contribution in [1.29, 1.82) is 0 Å². The summed E-state index contributed by atoms with van der Waals surface area (Å²) in [6.45, 7) is 8.17. The highest BCUT2D eigenvalue weighted by molar-refractivity contribution is 9.10. The number of carbonyl (C=O) groups is 1. The zero-order valence-electron chi connectivity index (χ0n) is 14.2. The third-order valence-corrected chi connectivity index (χ3v) is 4.80. The lowest BCUT2D eigenvalue weighted by Crippen LogP contribution is -2.37. The summed E-state index contributed by atoms with van der Waals surface area (Å²) in [5, 5.41) is 17.5. The van der Waals surface area contributed by atoms with Gasteiger partial charge in [-0.05, 0) is 41.1 Å². The summed E-state index contributed by atoms with van der Waals surface area (Å²) in [7, 11) is 0. The van der Waals surface area contributed by atoms with Gasteiger partial charge in [-0.3, -0.25) is 14.2 Å². The number of nitrogens with one attached hydrogen (secondary N) is 1. The average molecular weight is 397 g/mol. The molecule has 2 aromatic rings. The predicted octanol–water partition coefficient (Wildman–Crippen LogP) is 2.21. The monoisotopic (exact) mass is 396 g/mol. The van der Waals surface area contributed by atoms with E-state index in [1.807, 2.05) is 20.8 Å². The first-order chi connectivity index (χ1) is 11.1. The second-order valence-corrected chi connectivity index (χ2v) is 8.33. The maximum absolute atomic E-state index is 13.0. The second kappa shape index (κ2) is 5.61. The largest absolute Gasteiger partial charge is 0.492 e. The summed E-state index contributed by atoms with van der Waals surface area (Å²) in [6.07, 6.45) is 1.80. The molecule has 0 radical (unpaired) electrons. The number of halogens is 1. The van der Waals surface area contributed by atoms with Crippen LogP contribution in [0.15, 0.2) is 9.27 Å². The van der Waals surface area contributed by atoms with Gasteiger partial charge < -0.3 is 10.4 Å². The molecule has 24 heavy (non-hydrogen) atoms. The van der Waals surface area contributed by atoms with Crippen LogP contribution in [0.2, 0.25) is 0 Å². The Morgan fingerprint density at radius 2 is 2.04 bits per heavy atom. The highest BCUT2D eigenvalue weighted by Crippen LogP contribution is 2.28. The molecule has 0 spiro atoms. The minimum Gasteiger partial charge on any atom is -0.492 e. The Balaban J connectivity index is 2.29. The van der Waals surface area contributed by atoms with Gasteiger partial charge in [0.25, 0.3) is 11.5 Å². The second-order valence-electron chi connectivity index (χ2n) is 7.53. The molecule has 8 heteroatoms. The van der Waals surface area contributed by atoms with E-state index in [-0.39, 0.29) is 17.0 Å². The molecule has 2 N–H and O–H groups in total. The number of aryl methyl sites for hydroxylation is 1. The Morgan fingerprint density at radius 3 is 2.58 bits per heavy atom. The van der Waals surface area contributed by atoms with Crippen molar-refractivity contribution in [2.24, 2.45) is 5.41 Å². The van der Waals surface area contributed by atoms with Gasteiger partial charge >= 0.3 is 0 Å². The predicted molar refractivity (Wildman–Crippen MR) is 93.5 cm³/mol. The smallest absolute Gasteiger partial charge is 0.270 e. The number of hydrogen-bond acceptors (Lipinski definition) is 4. The fourth-order valence-electron chi connectivity index (χ4n) is 2.61. The van der Waals surface area contributed by atoms with E-state index in [1.165, 1.54) is 9.08 Å². The highest BCUT2D eigenvalue weighted by atomic mass is 79.9. The maximum Gasteiger partial charge on any atom is 0.270 e. The summed E-state index contributed by atoms with van der Waals surface area (Å²) >= 11 is 3.43. The van der Waals surface area contributed by atoms with Crippen molar-refractivity contribution >= 4 is 27.5 Å². The van der Waals surface area contributed by atoms with E-state index in [2.05, 4.69) is 26.3 Å². The van der Waals surface area contributed by atoms with E-state index < -0.39 is 17.3 Å². The minimum absolute atomic E-state index is 0.0918. The summed E-state index contributed by atoms with van der Waals surface area (Å²) in [6, 6.07) is 0.0918. The van der Waals surface area contributed by atoms with Crippen LogP contribution >= 0.6 is 15.9 Å². The van der Waals surface area contributed by atoms with Gasteiger partial charge in [0.05, 0.1) is 10.2 Å². The molecule has 0 aliphatic heterocycles. The molecular weight excluding hydrogens is 376 g/mol. The molecule has 0 aromatic carbocycles. The van der Waals surface area contributed by atoms with Crippen LogP contribution in [0.1, 0.15) is 49.7 Å². The van der Waals surface area contributed by atoms with Crippen LogP contribution in [0.5, 0.6) is 5.88 Å². The molecule has 0 bridgehead atoms. The lowest BCUT2D eigenvalue weighted by atomic mass is 9.97. The first-order valence-electron chi connectivity index (χ1n) is 7.91. The molecule has 0 atom stereocenters. The number of amides is 1. The number of aromatic nitrogens is 3. The number of carbonyl (C=O) groups excluding carboxylic acids is 1. The minimum atomic E-state index is -0.547. The molecule has 2 aromatic heterocycles. The number of aromatic hydroxyl groups is 1. The highest BCUT2D eigenvalue weighted by Gasteiger charge is 2.30. The lowest BCUT2D eigenvalue weighted by Gasteiger charge is -2.21. The van der Waals surface area contributed by atoms with Crippen LogP contribution in [0.3, 0.4) is 0 Å². The quantitative estimate of drug-likeness (QED) is 0.831. The third-order valence-electron chi connectivity index (χ3n) is 3.88. The van der Waals surface area contributed by atoms with Gasteiger partial charge in [0.15, 0.2) is 11.2 Å². The molecule has 1 fully saturated rings. The molecule has 0 unspecified atom stereocenters. The molecule has 1 amide bonds. The van der Waals surface area contributed by atoms with Crippen LogP contribution in [0.4, 0.5) is 0 Å². The van der Waals surface area contributed by atoms with Crippen LogP contribution in [-0.2, 0) is 6.54 Å². The summed E-state index contributed by atoms with van der Waals surface area (Å²) in [5.74, 6) is -0.971. The topological polar surface area (TPSA) is 88.6 Å². The Kier molecular flexibility index (Phi) is 3.98. The van der Waals surface area contributed by atoms with Crippen molar-refractivity contribution in [3.63, 3.8) is 0 Å². The van der Waals surface area contributed by atoms with E-state index in [1.54, 1.807) is 6.92 Å². The van der Waals surface area contributed by atoms with Gasteiger partial charge in [-0.2, -0.15) is 9.61 Å². The van der Waals surface area contributed by atoms with Crippen LogP contribution in [0.25, 0.3) is 5.65 Å². The Morgan fingerprint density at radius 1 is 1.42 bits per heavy atom. The van der Waals surface area contributed by atoms with Crippen molar-refractivity contribution in [1.82, 2.24) is 19.5 Å². The molecule has 2 heterocycles. The summed E-state index contributed by atoms with van der Waals surface area (Å²) < 4.78 is 3.40. The van der Waals surface area contributed by atoms with Gasteiger partial charge in [-0.1, -0.05) is 20.8 Å². The van der Waals surface area contributed by atoms with Crippen LogP contribution in [-0.4, -0.2) is 31.2 Å². The SMILES string of the molecule is Cc1nn2c(O)c(C(=O)NC3CC3)c(=O)n(CC(C)(C)C)c2c1Br. The Hall–Kier alpha value is -1.83. The van der Waals surface area contributed by atoms with Gasteiger partial charge in [-0.25, -0.2) is 0 Å². The lowest BCUT2D eigenvalue weighted by molar-refractivity contribution is 0.0944. The number of hydrogen-bond donors (Lipinski definition) is 2. The first kappa shape index (κ1) is 17.0. The van der Waals surface area contributed by atoms with Crippen molar-refractivity contribution in [3.8, 4) is 5.88 Å². The average Bonchev–Trinajstić information content (AvgIpc) is 3.20. The van der Waals surface area contributed by atoms with Crippen molar-refractivity contribution in [2.75, 3.05) is 0 Å². The summed E-state index contributed by atoms with van der Waals surface area (Å²) in [5.41, 5.74) is 0.130. The van der Waals surface area contributed by atoms with Crippen molar-refractivity contribution in [2.45, 2.75) is 53.1 Å². The van der Waals surface area contributed by atoms with Gasteiger partial charge in [-0.15, -0.1) is 0 Å². The molecule has 0 saturated heterocycles. The Labute approximate surface area is 147 Å². The zero-order valence-corrected chi connectivity index (χ0v) is 15.8. The summed E-state index contributed by atoms with van der Waals surface area (Å²) in [4.78, 5) is 25.4. The maximum atomic E-state index is 13.0. The van der Waals surface area contributed by atoms with Gasteiger partial charge in [0, 0.05) is 12.6 Å². The van der Waals surface area contributed by atoms with Crippen LogP contribution in [0, 0.1) is 12.3 Å². The molecule has 1 saturated carbocycles. The molecule has 1 aliphatic carbocycles. The van der Waals surface area contributed by atoms with E-state index in [9.17, 15) is 14.7 Å². The standard InChI is InChI=1S/C16H21BrN4O3/c1-8-11(17)13-20(7-16(2,3)4)14(23)10(15(24)21(13)19-8)12(22)18-9-5-6-9/h9,24H,5-7H2,1-4H3,(H,18,22). The number of nitrogens with zero attached hydrogens (tertiary/aromatic N) is 3. The van der Waals surface area contributed by atoms with E-state index in [0.717, 1.165) is 12.8 Å². The number of rotatable bonds is 3. The van der Waals surface area contributed by atoms with E-state index in [0.29, 0.717) is 22.4 Å². The van der Waals surface area contributed by atoms with Gasteiger partial charge in [0.1, 0.15) is 0 Å². The Bertz CT molecular complexity index is 888. The van der Waals surface area contributed by atoms with E-state index in [4.69, 9.17) is 0 Å². The molecule has 7 nitrogen and oxygen atoms in total. The van der Waals surface area contributed by atoms with Crippen LogP contribution < -0.4 is 10.9 Å². The van der Waals surface area contributed by atoms with E-state index >= 15 is 0 Å². The first-order valence-corrected chi connectivity index (χ1v) is 8.71. The molecule has 3 rings (SSSR count). The van der Waals surface area contributed by atoms with Crippen molar-refractivity contribution in [3.05, 3.63) is 26.1 Å². The molecular formula is C16H21BrN4O3. The third kappa shape index (κ3) is 2.94. The zero-order chi connectivity index (χ0) is 17.8. The fraction of sp³-hybridized carbons (Fsp3) is 0.562. The fourth-order valence-corrected chi connectivity index (χ4v) is 3.08. The molecule has 1 aliphatic rings. The number of fused-ring (bicyclic) bond motifs is 1. The molecule has 130 valence electrons.